The van der Waals surface area contributed by atoms with Crippen molar-refractivity contribution in [1.82, 2.24) is 10.6 Å². The fourth-order valence-electron chi connectivity index (χ4n) is 1.70. The summed E-state index contributed by atoms with van der Waals surface area (Å²) in [5.74, 6) is -0.385. The molecule has 3 N–H and O–H groups in total. The first-order valence-electron chi connectivity index (χ1n) is 6.35. The highest BCUT2D eigenvalue weighted by Gasteiger charge is 2.25. The average Bonchev–Trinajstić information content (AvgIpc) is 2.74. The van der Waals surface area contributed by atoms with Gasteiger partial charge in [-0.05, 0) is 18.3 Å². The minimum atomic E-state index is -0.843. The van der Waals surface area contributed by atoms with Gasteiger partial charge in [-0.2, -0.15) is 0 Å². The van der Waals surface area contributed by atoms with Crippen molar-refractivity contribution in [2.75, 3.05) is 6.54 Å². The zero-order valence-electron chi connectivity index (χ0n) is 11.1. The van der Waals surface area contributed by atoms with E-state index in [2.05, 4.69) is 31.4 Å². The van der Waals surface area contributed by atoms with E-state index in [-0.39, 0.29) is 12.1 Å². The molecule has 0 spiro atoms. The van der Waals surface area contributed by atoms with Gasteiger partial charge in [0.05, 0.1) is 12.0 Å². The molecular weight excluding hydrogens is 232 g/mol. The topological polar surface area (TPSA) is 78.4 Å². The number of urea groups is 1. The third-order valence-electron chi connectivity index (χ3n) is 3.44. The summed E-state index contributed by atoms with van der Waals surface area (Å²) < 4.78 is 0. The molecular formula is C13H22N2O3. The Balaban J connectivity index is 2.26. The van der Waals surface area contributed by atoms with Crippen LogP contribution in [0.5, 0.6) is 0 Å². The smallest absolute Gasteiger partial charge is 0.315 e. The van der Waals surface area contributed by atoms with Crippen LogP contribution in [0.25, 0.3) is 0 Å². The Kier molecular flexibility index (Phi) is 5.19. The molecule has 0 bridgehead atoms. The molecule has 0 aromatic carbocycles. The van der Waals surface area contributed by atoms with Crippen molar-refractivity contribution < 1.29 is 14.7 Å². The van der Waals surface area contributed by atoms with Crippen molar-refractivity contribution in [2.45, 2.75) is 33.2 Å². The largest absolute Gasteiger partial charge is 0.481 e. The Labute approximate surface area is 108 Å². The zero-order valence-corrected chi connectivity index (χ0v) is 11.1. The molecule has 18 heavy (non-hydrogen) atoms. The molecule has 2 amide bonds. The number of amides is 2. The van der Waals surface area contributed by atoms with Crippen LogP contribution in [0.3, 0.4) is 0 Å². The molecule has 0 aliphatic heterocycles. The lowest BCUT2D eigenvalue weighted by molar-refractivity contribution is -0.140. The highest BCUT2D eigenvalue weighted by molar-refractivity contribution is 5.76. The first-order valence-corrected chi connectivity index (χ1v) is 6.35. The predicted octanol–water partition coefficient (Wildman–Crippen LogP) is 1.61. The lowest BCUT2D eigenvalue weighted by Gasteiger charge is -2.18. The first-order chi connectivity index (χ1) is 8.40. The number of carbonyl (C=O) groups excluding carboxylic acids is 1. The molecule has 1 rings (SSSR count). The third kappa shape index (κ3) is 4.39. The van der Waals surface area contributed by atoms with Gasteiger partial charge in [0.25, 0.3) is 0 Å². The number of rotatable bonds is 5. The fraction of sp³-hybridized carbons (Fsp3) is 0.692. The van der Waals surface area contributed by atoms with Crippen molar-refractivity contribution in [2.24, 2.45) is 17.8 Å². The first kappa shape index (κ1) is 14.5. The highest BCUT2D eigenvalue weighted by Crippen LogP contribution is 2.17. The minimum Gasteiger partial charge on any atom is -0.481 e. The fourth-order valence-corrected chi connectivity index (χ4v) is 1.70. The zero-order chi connectivity index (χ0) is 13.7. The number of carbonyl (C=O) groups is 2. The maximum Gasteiger partial charge on any atom is 0.315 e. The standard InChI is InChI=1S/C13H22N2O3/c1-8(2)9(3)7-14-13(18)15-11-5-4-10(6-11)12(16)17/h4-5,8-11H,6-7H2,1-3H3,(H,16,17)(H2,14,15,18). The highest BCUT2D eigenvalue weighted by atomic mass is 16.4. The van der Waals surface area contributed by atoms with E-state index in [0.29, 0.717) is 24.8 Å². The van der Waals surface area contributed by atoms with E-state index >= 15 is 0 Å². The van der Waals surface area contributed by atoms with Crippen molar-refractivity contribution >= 4 is 12.0 Å². The van der Waals surface area contributed by atoms with E-state index < -0.39 is 11.9 Å². The molecule has 0 fully saturated rings. The lowest BCUT2D eigenvalue weighted by Crippen LogP contribution is -2.43. The number of hydrogen-bond acceptors (Lipinski definition) is 2. The SMILES string of the molecule is CC(C)C(C)CNC(=O)NC1C=CC(C(=O)O)C1. The van der Waals surface area contributed by atoms with Crippen molar-refractivity contribution in [1.29, 1.82) is 0 Å². The summed E-state index contributed by atoms with van der Waals surface area (Å²) in [7, 11) is 0. The van der Waals surface area contributed by atoms with Crippen molar-refractivity contribution in [3.8, 4) is 0 Å². The molecule has 1 aliphatic carbocycles. The van der Waals surface area contributed by atoms with Crippen molar-refractivity contribution in [3.05, 3.63) is 12.2 Å². The maximum atomic E-state index is 11.6. The summed E-state index contributed by atoms with van der Waals surface area (Å²) in [5, 5.41) is 14.4. The normalized spacial score (nSPS) is 24.0. The molecule has 0 aromatic heterocycles. The monoisotopic (exact) mass is 254 g/mol. The Bertz CT molecular complexity index is 339. The predicted molar refractivity (Wildman–Crippen MR) is 69.2 cm³/mol. The minimum absolute atomic E-state index is 0.180. The summed E-state index contributed by atoms with van der Waals surface area (Å²) in [6.45, 7) is 6.94. The molecule has 0 heterocycles. The second kappa shape index (κ2) is 6.42. The maximum absolute atomic E-state index is 11.6. The van der Waals surface area contributed by atoms with Crippen LogP contribution < -0.4 is 10.6 Å². The third-order valence-corrected chi connectivity index (χ3v) is 3.44. The summed E-state index contributed by atoms with van der Waals surface area (Å²) in [6.07, 6.45) is 3.80. The number of carboxylic acid groups (broad SMARTS) is 1. The Morgan fingerprint density at radius 2 is 2.00 bits per heavy atom. The van der Waals surface area contributed by atoms with Crippen LogP contribution in [0.15, 0.2) is 12.2 Å². The van der Waals surface area contributed by atoms with Crippen LogP contribution in [-0.4, -0.2) is 29.7 Å². The molecule has 5 heteroatoms. The Morgan fingerprint density at radius 1 is 1.33 bits per heavy atom. The van der Waals surface area contributed by atoms with Gasteiger partial charge in [-0.3, -0.25) is 4.79 Å². The van der Waals surface area contributed by atoms with Crippen LogP contribution >= 0.6 is 0 Å². The van der Waals surface area contributed by atoms with Gasteiger partial charge in [-0.1, -0.05) is 32.9 Å². The molecule has 0 saturated heterocycles. The second-order valence-electron chi connectivity index (χ2n) is 5.25. The molecule has 1 aliphatic rings. The average molecular weight is 254 g/mol. The van der Waals surface area contributed by atoms with E-state index in [9.17, 15) is 9.59 Å². The molecule has 102 valence electrons. The number of nitrogens with one attached hydrogen (secondary N) is 2. The molecule has 5 nitrogen and oxygen atoms in total. The van der Waals surface area contributed by atoms with E-state index in [1.54, 1.807) is 12.2 Å². The molecule has 0 saturated carbocycles. The number of hydrogen-bond donors (Lipinski definition) is 3. The Hall–Kier alpha value is -1.52. The summed E-state index contributed by atoms with van der Waals surface area (Å²) in [4.78, 5) is 22.3. The van der Waals surface area contributed by atoms with Crippen molar-refractivity contribution in [3.63, 3.8) is 0 Å². The summed E-state index contributed by atoms with van der Waals surface area (Å²) in [6, 6.07) is -0.413. The summed E-state index contributed by atoms with van der Waals surface area (Å²) >= 11 is 0. The van der Waals surface area contributed by atoms with E-state index in [1.807, 2.05) is 0 Å². The number of carboxylic acids is 1. The van der Waals surface area contributed by atoms with Crippen LogP contribution in [0, 0.1) is 17.8 Å². The van der Waals surface area contributed by atoms with Gasteiger partial charge in [0.15, 0.2) is 0 Å². The van der Waals surface area contributed by atoms with Gasteiger partial charge < -0.3 is 15.7 Å². The molecule has 3 unspecified atom stereocenters. The second-order valence-corrected chi connectivity index (χ2v) is 5.25. The molecule has 0 radical (unpaired) electrons. The van der Waals surface area contributed by atoms with Gasteiger partial charge in [0.2, 0.25) is 0 Å². The van der Waals surface area contributed by atoms with E-state index in [1.165, 1.54) is 0 Å². The van der Waals surface area contributed by atoms with Crippen LogP contribution in [0.4, 0.5) is 4.79 Å². The van der Waals surface area contributed by atoms with E-state index in [4.69, 9.17) is 5.11 Å². The Morgan fingerprint density at radius 3 is 2.50 bits per heavy atom. The van der Waals surface area contributed by atoms with E-state index in [0.717, 1.165) is 0 Å². The van der Waals surface area contributed by atoms with Gasteiger partial charge >= 0.3 is 12.0 Å². The quantitative estimate of drug-likeness (QED) is 0.652. The van der Waals surface area contributed by atoms with Gasteiger partial charge in [-0.25, -0.2) is 4.79 Å². The van der Waals surface area contributed by atoms with Crippen LogP contribution in [0.1, 0.15) is 27.2 Å². The van der Waals surface area contributed by atoms with Gasteiger partial charge in [0, 0.05) is 6.54 Å². The molecule has 3 atom stereocenters. The van der Waals surface area contributed by atoms with Gasteiger partial charge in [-0.15, -0.1) is 0 Å². The van der Waals surface area contributed by atoms with Crippen LogP contribution in [0.2, 0.25) is 0 Å². The van der Waals surface area contributed by atoms with Crippen LogP contribution in [-0.2, 0) is 4.79 Å². The summed E-state index contributed by atoms with van der Waals surface area (Å²) in [5.41, 5.74) is 0. The lowest BCUT2D eigenvalue weighted by atomic mass is 9.98. The van der Waals surface area contributed by atoms with Gasteiger partial charge in [0.1, 0.15) is 0 Å². The molecule has 0 aromatic rings. The number of aliphatic carboxylic acids is 1.